The summed E-state index contributed by atoms with van der Waals surface area (Å²) in [7, 11) is 0. The molecule has 1 aliphatic carbocycles. The summed E-state index contributed by atoms with van der Waals surface area (Å²) in [5.41, 5.74) is 6.38. The predicted molar refractivity (Wildman–Crippen MR) is 50.4 cm³/mol. The summed E-state index contributed by atoms with van der Waals surface area (Å²) in [5, 5.41) is 0. The second kappa shape index (κ2) is 3.21. The summed E-state index contributed by atoms with van der Waals surface area (Å²) < 4.78 is 5.66. The highest BCUT2D eigenvalue weighted by Gasteiger charge is 2.16. The highest BCUT2D eigenvalue weighted by Crippen LogP contribution is 2.21. The van der Waals surface area contributed by atoms with Gasteiger partial charge in [-0.2, -0.15) is 0 Å². The molecule has 12 heavy (non-hydrogen) atoms. The van der Waals surface area contributed by atoms with E-state index in [0.29, 0.717) is 0 Å². The molecule has 0 aromatic heterocycles. The maximum absolute atomic E-state index is 5.75. The first-order valence-electron chi connectivity index (χ1n) is 4.34. The molecule has 2 N–H and O–H groups in total. The molecule has 0 spiro atoms. The van der Waals surface area contributed by atoms with E-state index in [0.717, 1.165) is 24.3 Å². The average Bonchev–Trinajstić information content (AvgIpc) is 1.91. The zero-order chi connectivity index (χ0) is 9.19. The Bertz CT molecular complexity index is 220. The van der Waals surface area contributed by atoms with Gasteiger partial charge in [0.2, 0.25) is 0 Å². The van der Waals surface area contributed by atoms with E-state index in [9.17, 15) is 0 Å². The number of hydrogen-bond acceptors (Lipinski definition) is 2. The van der Waals surface area contributed by atoms with Crippen molar-refractivity contribution < 1.29 is 4.74 Å². The van der Waals surface area contributed by atoms with E-state index < -0.39 is 0 Å². The highest BCUT2D eigenvalue weighted by molar-refractivity contribution is 5.26. The Labute approximate surface area is 74.1 Å². The summed E-state index contributed by atoms with van der Waals surface area (Å²) in [6.07, 6.45) is 6.14. The van der Waals surface area contributed by atoms with Gasteiger partial charge >= 0.3 is 0 Å². The molecule has 0 unspecified atom stereocenters. The van der Waals surface area contributed by atoms with E-state index in [1.807, 2.05) is 26.8 Å². The smallest absolute Gasteiger partial charge is 0.138 e. The normalized spacial score (nSPS) is 18.2. The van der Waals surface area contributed by atoms with E-state index in [4.69, 9.17) is 10.5 Å². The molecule has 1 aliphatic rings. The Hall–Kier alpha value is -0.920. The van der Waals surface area contributed by atoms with Crippen LogP contribution in [-0.4, -0.2) is 5.60 Å². The third-order valence-electron chi connectivity index (χ3n) is 1.56. The molecule has 1 rings (SSSR count). The molecule has 0 aliphatic heterocycles. The van der Waals surface area contributed by atoms with E-state index in [2.05, 4.69) is 6.08 Å². The molecule has 0 aromatic rings. The van der Waals surface area contributed by atoms with Crippen LogP contribution in [0.25, 0.3) is 0 Å². The van der Waals surface area contributed by atoms with Crippen LogP contribution in [-0.2, 0) is 4.74 Å². The summed E-state index contributed by atoms with van der Waals surface area (Å²) in [4.78, 5) is 0. The SMILES string of the molecule is CC(C)(C)OC1=CCCC=C1N. The van der Waals surface area contributed by atoms with Gasteiger partial charge in [0.25, 0.3) is 0 Å². The van der Waals surface area contributed by atoms with Gasteiger partial charge in [-0.1, -0.05) is 6.08 Å². The van der Waals surface area contributed by atoms with Crippen LogP contribution in [0.2, 0.25) is 0 Å². The lowest BCUT2D eigenvalue weighted by molar-refractivity contribution is 0.0558. The average molecular weight is 167 g/mol. The molecule has 0 saturated carbocycles. The van der Waals surface area contributed by atoms with Gasteiger partial charge in [0, 0.05) is 0 Å². The Morgan fingerprint density at radius 2 is 1.83 bits per heavy atom. The number of hydrogen-bond donors (Lipinski definition) is 1. The third-order valence-corrected chi connectivity index (χ3v) is 1.56. The zero-order valence-corrected chi connectivity index (χ0v) is 8.05. The minimum atomic E-state index is -0.151. The van der Waals surface area contributed by atoms with Crippen molar-refractivity contribution in [1.29, 1.82) is 0 Å². The van der Waals surface area contributed by atoms with Crippen LogP contribution in [0.15, 0.2) is 23.6 Å². The highest BCUT2D eigenvalue weighted by atomic mass is 16.5. The van der Waals surface area contributed by atoms with Crippen molar-refractivity contribution in [3.8, 4) is 0 Å². The Kier molecular flexibility index (Phi) is 2.46. The molecule has 0 aromatic carbocycles. The quantitative estimate of drug-likeness (QED) is 0.650. The fourth-order valence-corrected chi connectivity index (χ4v) is 1.10. The van der Waals surface area contributed by atoms with Crippen LogP contribution in [0.4, 0.5) is 0 Å². The van der Waals surface area contributed by atoms with Gasteiger partial charge in [-0.05, 0) is 39.7 Å². The van der Waals surface area contributed by atoms with Crippen molar-refractivity contribution in [3.63, 3.8) is 0 Å². The van der Waals surface area contributed by atoms with Gasteiger partial charge < -0.3 is 10.5 Å². The fourth-order valence-electron chi connectivity index (χ4n) is 1.10. The second-order valence-corrected chi connectivity index (χ2v) is 4.02. The van der Waals surface area contributed by atoms with Gasteiger partial charge in [0.1, 0.15) is 11.4 Å². The molecular weight excluding hydrogens is 150 g/mol. The molecule has 0 radical (unpaired) electrons. The number of allylic oxidation sites excluding steroid dienone is 2. The molecule has 0 bridgehead atoms. The minimum Gasteiger partial charge on any atom is -0.486 e. The van der Waals surface area contributed by atoms with Crippen LogP contribution in [0.3, 0.4) is 0 Å². The lowest BCUT2D eigenvalue weighted by Gasteiger charge is -2.25. The molecule has 0 fully saturated rings. The fraction of sp³-hybridized carbons (Fsp3) is 0.600. The van der Waals surface area contributed by atoms with Crippen molar-refractivity contribution in [2.24, 2.45) is 5.73 Å². The van der Waals surface area contributed by atoms with Crippen LogP contribution < -0.4 is 5.73 Å². The monoisotopic (exact) mass is 167 g/mol. The number of ether oxygens (including phenoxy) is 1. The first kappa shape index (κ1) is 9.17. The summed E-state index contributed by atoms with van der Waals surface area (Å²) in [6, 6.07) is 0. The van der Waals surface area contributed by atoms with Crippen LogP contribution in [0.1, 0.15) is 33.6 Å². The van der Waals surface area contributed by atoms with E-state index >= 15 is 0 Å². The Morgan fingerprint density at radius 3 is 2.33 bits per heavy atom. The summed E-state index contributed by atoms with van der Waals surface area (Å²) in [5.74, 6) is 0.841. The molecule has 0 amide bonds. The zero-order valence-electron chi connectivity index (χ0n) is 8.05. The van der Waals surface area contributed by atoms with Gasteiger partial charge in [-0.3, -0.25) is 0 Å². The third kappa shape index (κ3) is 2.61. The van der Waals surface area contributed by atoms with Crippen LogP contribution in [0, 0.1) is 0 Å². The molecule has 0 heterocycles. The van der Waals surface area contributed by atoms with E-state index in [1.165, 1.54) is 0 Å². The van der Waals surface area contributed by atoms with Crippen molar-refractivity contribution in [1.82, 2.24) is 0 Å². The molecule has 2 nitrogen and oxygen atoms in total. The largest absolute Gasteiger partial charge is 0.486 e. The standard InChI is InChI=1S/C10H17NO/c1-10(2,3)12-9-7-5-4-6-8(9)11/h6-7H,4-5,11H2,1-3H3. The van der Waals surface area contributed by atoms with Crippen molar-refractivity contribution in [2.75, 3.05) is 0 Å². The summed E-state index contributed by atoms with van der Waals surface area (Å²) >= 11 is 0. The molecule has 0 saturated heterocycles. The molecule has 0 atom stereocenters. The lowest BCUT2D eigenvalue weighted by atomic mass is 10.1. The van der Waals surface area contributed by atoms with Crippen molar-refractivity contribution in [3.05, 3.63) is 23.6 Å². The number of rotatable bonds is 1. The first-order valence-corrected chi connectivity index (χ1v) is 4.34. The maximum atomic E-state index is 5.75. The predicted octanol–water partition coefficient (Wildman–Crippen LogP) is 2.32. The van der Waals surface area contributed by atoms with Gasteiger partial charge in [-0.25, -0.2) is 0 Å². The van der Waals surface area contributed by atoms with Crippen LogP contribution >= 0.6 is 0 Å². The Balaban J connectivity index is 2.64. The number of nitrogens with two attached hydrogens (primary N) is 1. The van der Waals surface area contributed by atoms with Crippen LogP contribution in [0.5, 0.6) is 0 Å². The maximum Gasteiger partial charge on any atom is 0.138 e. The summed E-state index contributed by atoms with van der Waals surface area (Å²) in [6.45, 7) is 6.07. The van der Waals surface area contributed by atoms with E-state index in [-0.39, 0.29) is 5.60 Å². The topological polar surface area (TPSA) is 35.2 Å². The minimum absolute atomic E-state index is 0.151. The second-order valence-electron chi connectivity index (χ2n) is 4.02. The molecular formula is C10H17NO. The lowest BCUT2D eigenvalue weighted by Crippen LogP contribution is -2.22. The van der Waals surface area contributed by atoms with Crippen molar-refractivity contribution >= 4 is 0 Å². The van der Waals surface area contributed by atoms with Crippen molar-refractivity contribution in [2.45, 2.75) is 39.2 Å². The van der Waals surface area contributed by atoms with E-state index in [1.54, 1.807) is 0 Å². The molecule has 2 heteroatoms. The van der Waals surface area contributed by atoms with Gasteiger partial charge in [-0.15, -0.1) is 0 Å². The molecule has 68 valence electrons. The first-order chi connectivity index (χ1) is 5.49. The van der Waals surface area contributed by atoms with Gasteiger partial charge in [0.05, 0.1) is 5.70 Å². The Morgan fingerprint density at radius 1 is 1.25 bits per heavy atom. The van der Waals surface area contributed by atoms with Gasteiger partial charge in [0.15, 0.2) is 0 Å².